The molecule has 2 nitrogen and oxygen atoms in total. The lowest BCUT2D eigenvalue weighted by molar-refractivity contribution is 0.223. The number of nitrogens with one attached hydrogen (secondary N) is 1. The van der Waals surface area contributed by atoms with Crippen molar-refractivity contribution in [2.24, 2.45) is 5.92 Å². The molecule has 0 bridgehead atoms. The maximum absolute atomic E-state index is 9.14. The van der Waals surface area contributed by atoms with E-state index in [0.29, 0.717) is 5.92 Å². The Morgan fingerprint density at radius 2 is 2.29 bits per heavy atom. The molecular weight excluding hydrogens is 194 g/mol. The van der Waals surface area contributed by atoms with Crippen LogP contribution in [0, 0.1) is 5.92 Å². The van der Waals surface area contributed by atoms with Crippen LogP contribution >= 0.6 is 11.3 Å². The highest BCUT2D eigenvalue weighted by atomic mass is 32.1. The van der Waals surface area contributed by atoms with Gasteiger partial charge in [-0.15, -0.1) is 0 Å². The Morgan fingerprint density at radius 3 is 2.79 bits per heavy atom. The maximum atomic E-state index is 9.14. The van der Waals surface area contributed by atoms with Crippen molar-refractivity contribution in [1.82, 2.24) is 5.32 Å². The Kier molecular flexibility index (Phi) is 5.15. The van der Waals surface area contributed by atoms with Crippen LogP contribution < -0.4 is 5.32 Å². The zero-order valence-electron chi connectivity index (χ0n) is 8.86. The third-order valence-corrected chi connectivity index (χ3v) is 2.88. The van der Waals surface area contributed by atoms with Crippen molar-refractivity contribution in [3.05, 3.63) is 22.4 Å². The molecule has 0 saturated heterocycles. The second-order valence-electron chi connectivity index (χ2n) is 4.02. The van der Waals surface area contributed by atoms with Gasteiger partial charge in [0.25, 0.3) is 0 Å². The zero-order chi connectivity index (χ0) is 10.4. The van der Waals surface area contributed by atoms with Crippen LogP contribution in [0.1, 0.15) is 25.8 Å². The van der Waals surface area contributed by atoms with Gasteiger partial charge in [-0.3, -0.25) is 0 Å². The summed E-state index contributed by atoms with van der Waals surface area (Å²) in [6, 6.07) is 2.34. The maximum Gasteiger partial charge on any atom is 0.0584 e. The van der Waals surface area contributed by atoms with Gasteiger partial charge in [-0.1, -0.05) is 13.8 Å². The van der Waals surface area contributed by atoms with E-state index in [1.165, 1.54) is 5.56 Å². The molecule has 0 fully saturated rings. The quantitative estimate of drug-likeness (QED) is 0.759. The summed E-state index contributed by atoms with van der Waals surface area (Å²) in [4.78, 5) is 0. The van der Waals surface area contributed by atoms with Crippen molar-refractivity contribution in [2.45, 2.75) is 32.9 Å². The summed E-state index contributed by atoms with van der Waals surface area (Å²) in [6.07, 6.45) is 1.03. The predicted octanol–water partition coefficient (Wildman–Crippen LogP) is 2.24. The zero-order valence-corrected chi connectivity index (χ0v) is 9.68. The molecule has 1 aromatic heterocycles. The molecule has 1 aromatic rings. The van der Waals surface area contributed by atoms with Gasteiger partial charge >= 0.3 is 0 Å². The normalized spacial score (nSPS) is 13.4. The Hall–Kier alpha value is -0.380. The molecule has 0 aromatic carbocycles. The fourth-order valence-electron chi connectivity index (χ4n) is 1.45. The lowest BCUT2D eigenvalue weighted by atomic mass is 10.0. The Morgan fingerprint density at radius 1 is 1.50 bits per heavy atom. The first kappa shape index (κ1) is 11.7. The lowest BCUT2D eigenvalue weighted by Crippen LogP contribution is -2.33. The highest BCUT2D eigenvalue weighted by Crippen LogP contribution is 2.08. The molecule has 0 unspecified atom stereocenters. The minimum atomic E-state index is 0.225. The summed E-state index contributed by atoms with van der Waals surface area (Å²) in [5.74, 6) is 0.627. The van der Waals surface area contributed by atoms with Gasteiger partial charge in [0.2, 0.25) is 0 Å². The number of rotatable bonds is 6. The number of hydrogen-bond acceptors (Lipinski definition) is 3. The van der Waals surface area contributed by atoms with Gasteiger partial charge in [0.1, 0.15) is 0 Å². The topological polar surface area (TPSA) is 32.3 Å². The molecule has 1 atom stereocenters. The van der Waals surface area contributed by atoms with Crippen LogP contribution in [0.4, 0.5) is 0 Å². The van der Waals surface area contributed by atoms with Crippen molar-refractivity contribution in [3.63, 3.8) is 0 Å². The van der Waals surface area contributed by atoms with Gasteiger partial charge in [0.05, 0.1) is 6.61 Å². The van der Waals surface area contributed by atoms with Crippen molar-refractivity contribution >= 4 is 11.3 Å². The summed E-state index contributed by atoms with van der Waals surface area (Å²) in [5.41, 5.74) is 1.30. The summed E-state index contributed by atoms with van der Waals surface area (Å²) in [7, 11) is 0. The fourth-order valence-corrected chi connectivity index (χ4v) is 2.12. The molecule has 80 valence electrons. The molecule has 2 N–H and O–H groups in total. The second kappa shape index (κ2) is 6.17. The highest BCUT2D eigenvalue weighted by Gasteiger charge is 2.08. The van der Waals surface area contributed by atoms with Gasteiger partial charge in [-0.2, -0.15) is 11.3 Å². The molecule has 0 spiro atoms. The summed E-state index contributed by atoms with van der Waals surface area (Å²) < 4.78 is 0. The van der Waals surface area contributed by atoms with E-state index < -0.39 is 0 Å². The van der Waals surface area contributed by atoms with Crippen molar-refractivity contribution in [2.75, 3.05) is 6.61 Å². The van der Waals surface area contributed by atoms with Crippen molar-refractivity contribution in [1.29, 1.82) is 0 Å². The molecule has 0 aliphatic rings. The molecule has 14 heavy (non-hydrogen) atoms. The van der Waals surface area contributed by atoms with Crippen LogP contribution in [0.3, 0.4) is 0 Å². The van der Waals surface area contributed by atoms with E-state index in [2.05, 4.69) is 36.0 Å². The van der Waals surface area contributed by atoms with Crippen LogP contribution in [-0.4, -0.2) is 17.8 Å². The molecule has 0 radical (unpaired) electrons. The van der Waals surface area contributed by atoms with Gasteiger partial charge in [-0.25, -0.2) is 0 Å². The Labute approximate surface area is 90.0 Å². The first-order valence-corrected chi connectivity index (χ1v) is 6.02. The first-order valence-electron chi connectivity index (χ1n) is 5.07. The minimum absolute atomic E-state index is 0.225. The lowest BCUT2D eigenvalue weighted by Gasteiger charge is -2.17. The van der Waals surface area contributed by atoms with Crippen LogP contribution in [0.15, 0.2) is 16.8 Å². The molecule has 1 rings (SSSR count). The van der Waals surface area contributed by atoms with E-state index >= 15 is 0 Å². The van der Waals surface area contributed by atoms with E-state index in [-0.39, 0.29) is 12.6 Å². The van der Waals surface area contributed by atoms with Gasteiger partial charge < -0.3 is 10.4 Å². The summed E-state index contributed by atoms with van der Waals surface area (Å²) in [6.45, 7) is 5.44. The fraction of sp³-hybridized carbons (Fsp3) is 0.636. The van der Waals surface area contributed by atoms with E-state index in [4.69, 9.17) is 5.11 Å². The van der Waals surface area contributed by atoms with Crippen LogP contribution in [0.5, 0.6) is 0 Å². The summed E-state index contributed by atoms with van der Waals surface area (Å²) >= 11 is 1.71. The van der Waals surface area contributed by atoms with Crippen molar-refractivity contribution in [3.8, 4) is 0 Å². The van der Waals surface area contributed by atoms with Crippen LogP contribution in [0.2, 0.25) is 0 Å². The number of aliphatic hydroxyl groups excluding tert-OH is 1. The Balaban J connectivity index is 2.27. The van der Waals surface area contributed by atoms with E-state index in [0.717, 1.165) is 13.0 Å². The predicted molar refractivity (Wildman–Crippen MR) is 61.5 cm³/mol. The first-order chi connectivity index (χ1) is 6.72. The average molecular weight is 213 g/mol. The number of hydrogen-bond donors (Lipinski definition) is 2. The number of aliphatic hydroxyl groups is 1. The van der Waals surface area contributed by atoms with Crippen LogP contribution in [-0.2, 0) is 6.54 Å². The molecule has 1 heterocycles. The monoisotopic (exact) mass is 213 g/mol. The highest BCUT2D eigenvalue weighted by molar-refractivity contribution is 7.07. The van der Waals surface area contributed by atoms with Crippen molar-refractivity contribution < 1.29 is 5.11 Å². The SMILES string of the molecule is CC(C)C[C@@H](CO)NCc1ccsc1. The largest absolute Gasteiger partial charge is 0.395 e. The third kappa shape index (κ3) is 4.22. The standard InChI is InChI=1S/C11H19NOS/c1-9(2)5-11(7-13)12-6-10-3-4-14-8-10/h3-4,8-9,11-13H,5-7H2,1-2H3/t11-/m0/s1. The minimum Gasteiger partial charge on any atom is -0.395 e. The van der Waals surface area contributed by atoms with Gasteiger partial charge in [0, 0.05) is 12.6 Å². The van der Waals surface area contributed by atoms with E-state index in [1.807, 2.05) is 0 Å². The average Bonchev–Trinajstić information content (AvgIpc) is 2.64. The molecular formula is C11H19NOS. The smallest absolute Gasteiger partial charge is 0.0584 e. The molecule has 0 aliphatic carbocycles. The Bertz CT molecular complexity index is 233. The molecule has 3 heteroatoms. The third-order valence-electron chi connectivity index (χ3n) is 2.15. The molecule has 0 saturated carbocycles. The number of thiophene rings is 1. The van der Waals surface area contributed by atoms with E-state index in [9.17, 15) is 0 Å². The second-order valence-corrected chi connectivity index (χ2v) is 4.80. The summed E-state index contributed by atoms with van der Waals surface area (Å²) in [5, 5.41) is 16.7. The van der Waals surface area contributed by atoms with Crippen LogP contribution in [0.25, 0.3) is 0 Å². The molecule has 0 aliphatic heterocycles. The van der Waals surface area contributed by atoms with E-state index in [1.54, 1.807) is 11.3 Å². The molecule has 0 amide bonds. The van der Waals surface area contributed by atoms with Gasteiger partial charge in [-0.05, 0) is 34.7 Å². The van der Waals surface area contributed by atoms with Gasteiger partial charge in [0.15, 0.2) is 0 Å².